The average molecular weight is 465 g/mol. The molecule has 3 aromatic carbocycles. The molecule has 2 atom stereocenters. The number of nitrogens with one attached hydrogen (secondary N) is 2. The van der Waals surface area contributed by atoms with E-state index in [-0.39, 0.29) is 11.6 Å². The number of benzene rings is 3. The molecule has 0 bridgehead atoms. The number of aromatic nitrogens is 1. The van der Waals surface area contributed by atoms with Crippen molar-refractivity contribution in [1.29, 1.82) is 0 Å². The molecule has 4 aromatic rings. The zero-order chi connectivity index (χ0) is 24.5. The molecule has 35 heavy (non-hydrogen) atoms. The normalized spacial score (nSPS) is 15.5. The van der Waals surface area contributed by atoms with Crippen LogP contribution >= 0.6 is 0 Å². The third-order valence-electron chi connectivity index (χ3n) is 6.26. The number of nitrogens with zero attached hydrogens (tertiary/aromatic N) is 2. The number of carbonyl (C=O) groups excluding carboxylic acids is 3. The quantitative estimate of drug-likeness (QED) is 0.480. The minimum Gasteiger partial charge on any atom is -0.339 e. The Morgan fingerprint density at radius 1 is 0.886 bits per heavy atom. The molecule has 1 aliphatic rings. The van der Waals surface area contributed by atoms with Crippen molar-refractivity contribution in [3.8, 4) is 11.1 Å². The highest BCUT2D eigenvalue weighted by molar-refractivity contribution is 6.06. The Labute approximate surface area is 202 Å². The van der Waals surface area contributed by atoms with Crippen LogP contribution in [0.3, 0.4) is 0 Å². The number of anilines is 1. The topological polar surface area (TPSA) is 91.4 Å². The standard InChI is InChI=1S/C28H24N4O3/c1-17(29-27(34)23-16-15-18-9-3-7-13-22(18)30-23)26(33)31-25-21-12-5-4-10-19(21)20-11-6-8-14-24(20)32(2)28(25)35/h3-17,25H,1-2H3,(H,29,34)(H,31,33)/t17-,25-/m0/s1. The Morgan fingerprint density at radius 3 is 2.40 bits per heavy atom. The molecular formula is C28H24N4O3. The fourth-order valence-corrected chi connectivity index (χ4v) is 4.37. The van der Waals surface area contributed by atoms with E-state index in [0.717, 1.165) is 22.2 Å². The van der Waals surface area contributed by atoms with Crippen molar-refractivity contribution in [2.75, 3.05) is 11.9 Å². The average Bonchev–Trinajstić information content (AvgIpc) is 2.98. The lowest BCUT2D eigenvalue weighted by atomic mass is 9.95. The number of pyridine rings is 1. The van der Waals surface area contributed by atoms with Crippen LogP contribution in [0.15, 0.2) is 84.9 Å². The van der Waals surface area contributed by atoms with Crippen LogP contribution < -0.4 is 15.5 Å². The van der Waals surface area contributed by atoms with Crippen LogP contribution in [0, 0.1) is 0 Å². The van der Waals surface area contributed by atoms with Crippen LogP contribution in [0.1, 0.15) is 29.0 Å². The summed E-state index contributed by atoms with van der Waals surface area (Å²) in [5.41, 5.74) is 4.18. The van der Waals surface area contributed by atoms with E-state index in [1.54, 1.807) is 24.9 Å². The summed E-state index contributed by atoms with van der Waals surface area (Å²) in [7, 11) is 1.70. The van der Waals surface area contributed by atoms with E-state index in [4.69, 9.17) is 0 Å². The van der Waals surface area contributed by atoms with Gasteiger partial charge in [0.25, 0.3) is 11.8 Å². The lowest BCUT2D eigenvalue weighted by Crippen LogP contribution is -2.49. The van der Waals surface area contributed by atoms with Gasteiger partial charge in [-0.15, -0.1) is 0 Å². The molecule has 7 nitrogen and oxygen atoms in total. The third-order valence-corrected chi connectivity index (χ3v) is 6.26. The Bertz CT molecular complexity index is 1470. The molecule has 0 aliphatic carbocycles. The zero-order valence-electron chi connectivity index (χ0n) is 19.4. The van der Waals surface area contributed by atoms with Gasteiger partial charge < -0.3 is 15.5 Å². The molecule has 3 amide bonds. The van der Waals surface area contributed by atoms with Gasteiger partial charge in [-0.25, -0.2) is 4.98 Å². The molecule has 2 heterocycles. The minimum absolute atomic E-state index is 0.217. The van der Waals surface area contributed by atoms with Gasteiger partial charge >= 0.3 is 0 Å². The number of likely N-dealkylation sites (N-methyl/N-ethyl adjacent to an activating group) is 1. The monoisotopic (exact) mass is 464 g/mol. The predicted octanol–water partition coefficient (Wildman–Crippen LogP) is 3.85. The maximum atomic E-state index is 13.4. The summed E-state index contributed by atoms with van der Waals surface area (Å²) in [6.45, 7) is 1.58. The summed E-state index contributed by atoms with van der Waals surface area (Å²) in [6, 6.07) is 24.3. The number of para-hydroxylation sites is 2. The number of fused-ring (bicyclic) bond motifs is 4. The largest absolute Gasteiger partial charge is 0.339 e. The van der Waals surface area contributed by atoms with Crippen molar-refractivity contribution in [2.24, 2.45) is 0 Å². The second-order valence-corrected chi connectivity index (χ2v) is 8.53. The van der Waals surface area contributed by atoms with E-state index in [9.17, 15) is 14.4 Å². The maximum Gasteiger partial charge on any atom is 0.270 e. The van der Waals surface area contributed by atoms with Crippen LogP contribution in [0.25, 0.3) is 22.0 Å². The first-order valence-electron chi connectivity index (χ1n) is 11.4. The molecule has 2 N–H and O–H groups in total. The highest BCUT2D eigenvalue weighted by atomic mass is 16.2. The van der Waals surface area contributed by atoms with Gasteiger partial charge in [0.15, 0.2) is 0 Å². The van der Waals surface area contributed by atoms with Gasteiger partial charge in [-0.2, -0.15) is 0 Å². The summed E-state index contributed by atoms with van der Waals surface area (Å²) in [5, 5.41) is 6.47. The molecular weight excluding hydrogens is 440 g/mol. The van der Waals surface area contributed by atoms with Gasteiger partial charge in [-0.3, -0.25) is 14.4 Å². The summed E-state index contributed by atoms with van der Waals surface area (Å²) < 4.78 is 0. The van der Waals surface area contributed by atoms with Gasteiger partial charge in [0.05, 0.1) is 11.2 Å². The second-order valence-electron chi connectivity index (χ2n) is 8.53. The molecule has 0 unspecified atom stereocenters. The molecule has 5 rings (SSSR count). The first-order valence-corrected chi connectivity index (χ1v) is 11.4. The molecule has 0 spiro atoms. The van der Waals surface area contributed by atoms with Crippen LogP contribution in [-0.4, -0.2) is 35.8 Å². The lowest BCUT2D eigenvalue weighted by molar-refractivity contribution is -0.128. The lowest BCUT2D eigenvalue weighted by Gasteiger charge is -2.24. The highest BCUT2D eigenvalue weighted by Crippen LogP contribution is 2.39. The minimum atomic E-state index is -0.894. The zero-order valence-corrected chi connectivity index (χ0v) is 19.4. The Kier molecular flexibility index (Phi) is 5.74. The molecule has 0 fully saturated rings. The van der Waals surface area contributed by atoms with Crippen molar-refractivity contribution in [2.45, 2.75) is 19.0 Å². The van der Waals surface area contributed by atoms with E-state index >= 15 is 0 Å². The van der Waals surface area contributed by atoms with Crippen molar-refractivity contribution in [3.63, 3.8) is 0 Å². The molecule has 7 heteroatoms. The molecule has 174 valence electrons. The van der Waals surface area contributed by atoms with Gasteiger partial charge in [-0.05, 0) is 36.2 Å². The number of carbonyl (C=O) groups is 3. The van der Waals surface area contributed by atoms with E-state index in [2.05, 4.69) is 15.6 Å². The number of hydrogen-bond donors (Lipinski definition) is 2. The number of hydrogen-bond acceptors (Lipinski definition) is 4. The summed E-state index contributed by atoms with van der Waals surface area (Å²) in [5.74, 6) is -1.19. The summed E-state index contributed by atoms with van der Waals surface area (Å²) in [4.78, 5) is 45.3. The Hall–Kier alpha value is -4.52. The molecule has 0 saturated heterocycles. The van der Waals surface area contributed by atoms with Crippen molar-refractivity contribution < 1.29 is 14.4 Å². The molecule has 1 aromatic heterocycles. The fourth-order valence-electron chi connectivity index (χ4n) is 4.37. The Morgan fingerprint density at radius 2 is 1.57 bits per heavy atom. The van der Waals surface area contributed by atoms with E-state index in [1.165, 1.54) is 0 Å². The second kappa shape index (κ2) is 9.02. The van der Waals surface area contributed by atoms with Crippen LogP contribution in [-0.2, 0) is 9.59 Å². The van der Waals surface area contributed by atoms with Gasteiger partial charge in [0, 0.05) is 18.0 Å². The summed E-state index contributed by atoms with van der Waals surface area (Å²) >= 11 is 0. The fraction of sp³-hybridized carbons (Fsp3) is 0.143. The van der Waals surface area contributed by atoms with Crippen LogP contribution in [0.2, 0.25) is 0 Å². The first kappa shape index (κ1) is 22.3. The smallest absolute Gasteiger partial charge is 0.270 e. The Balaban J connectivity index is 1.37. The molecule has 0 radical (unpaired) electrons. The van der Waals surface area contributed by atoms with Crippen molar-refractivity contribution in [3.05, 3.63) is 96.2 Å². The van der Waals surface area contributed by atoms with Gasteiger partial charge in [-0.1, -0.05) is 66.7 Å². The summed E-state index contributed by atoms with van der Waals surface area (Å²) in [6.07, 6.45) is 0. The van der Waals surface area contributed by atoms with Crippen molar-refractivity contribution in [1.82, 2.24) is 15.6 Å². The van der Waals surface area contributed by atoms with E-state index < -0.39 is 23.9 Å². The predicted molar refractivity (Wildman–Crippen MR) is 135 cm³/mol. The highest BCUT2D eigenvalue weighted by Gasteiger charge is 2.34. The number of amides is 3. The van der Waals surface area contributed by atoms with E-state index in [1.807, 2.05) is 78.9 Å². The molecule has 1 aliphatic heterocycles. The third kappa shape index (κ3) is 4.12. The van der Waals surface area contributed by atoms with Crippen molar-refractivity contribution >= 4 is 34.3 Å². The van der Waals surface area contributed by atoms with Gasteiger partial charge in [0.2, 0.25) is 5.91 Å². The van der Waals surface area contributed by atoms with Crippen LogP contribution in [0.4, 0.5) is 5.69 Å². The van der Waals surface area contributed by atoms with E-state index in [0.29, 0.717) is 11.1 Å². The first-order chi connectivity index (χ1) is 16.9. The molecule has 0 saturated carbocycles. The maximum absolute atomic E-state index is 13.4. The number of rotatable bonds is 4. The van der Waals surface area contributed by atoms with Crippen LogP contribution in [0.5, 0.6) is 0 Å². The van der Waals surface area contributed by atoms with Gasteiger partial charge in [0.1, 0.15) is 17.8 Å². The SMILES string of the molecule is C[C@H](NC(=O)c1ccc2ccccc2n1)C(=O)N[C@@H]1C(=O)N(C)c2ccccc2-c2ccccc21.